The molecule has 3 nitrogen and oxygen atoms in total. The highest BCUT2D eigenvalue weighted by Crippen LogP contribution is 2.22. The average Bonchev–Trinajstić information content (AvgIpc) is 2.89. The first-order chi connectivity index (χ1) is 8.33. The maximum absolute atomic E-state index is 12.3. The van der Waals surface area contributed by atoms with Crippen molar-refractivity contribution in [3.8, 4) is 5.75 Å². The molecule has 0 atom stereocenters. The zero-order chi connectivity index (χ0) is 12.1. The highest BCUT2D eigenvalue weighted by atomic mass is 16.5. The van der Waals surface area contributed by atoms with Crippen molar-refractivity contribution < 1.29 is 9.53 Å². The Morgan fingerprint density at radius 3 is 2.71 bits per heavy atom. The molecule has 17 heavy (non-hydrogen) atoms. The fraction of sp³-hybridized carbons (Fsp3) is 0.500. The molecule has 2 rings (SSSR count). The van der Waals surface area contributed by atoms with E-state index in [1.54, 1.807) is 0 Å². The van der Waals surface area contributed by atoms with E-state index in [-0.39, 0.29) is 5.91 Å². The van der Waals surface area contributed by atoms with Crippen LogP contribution >= 0.6 is 0 Å². The number of benzene rings is 1. The Labute approximate surface area is 102 Å². The van der Waals surface area contributed by atoms with E-state index in [9.17, 15) is 4.79 Å². The summed E-state index contributed by atoms with van der Waals surface area (Å²) in [7, 11) is 0. The lowest BCUT2D eigenvalue weighted by Gasteiger charge is -2.17. The van der Waals surface area contributed by atoms with Crippen LogP contribution in [0.1, 0.15) is 36.5 Å². The van der Waals surface area contributed by atoms with Gasteiger partial charge in [0.05, 0.1) is 12.2 Å². The fourth-order valence-electron chi connectivity index (χ4n) is 2.07. The van der Waals surface area contributed by atoms with Crippen LogP contribution < -0.4 is 4.74 Å². The molecule has 1 amide bonds. The van der Waals surface area contributed by atoms with Crippen molar-refractivity contribution in [3.05, 3.63) is 29.8 Å². The molecule has 1 heterocycles. The van der Waals surface area contributed by atoms with Gasteiger partial charge in [-0.05, 0) is 31.4 Å². The standard InChI is InChI=1S/C14H19NO2/c1-2-11-17-13-8-4-3-7-12(13)14(16)15-9-5-6-10-15/h3-4,7-8H,2,5-6,9-11H2,1H3. The van der Waals surface area contributed by atoms with Crippen molar-refractivity contribution in [1.82, 2.24) is 4.90 Å². The highest BCUT2D eigenvalue weighted by molar-refractivity contribution is 5.97. The van der Waals surface area contributed by atoms with Crippen LogP contribution in [0.15, 0.2) is 24.3 Å². The van der Waals surface area contributed by atoms with Gasteiger partial charge in [-0.15, -0.1) is 0 Å². The molecule has 0 aromatic heterocycles. The van der Waals surface area contributed by atoms with E-state index in [1.165, 1.54) is 0 Å². The zero-order valence-corrected chi connectivity index (χ0v) is 10.3. The van der Waals surface area contributed by atoms with Crippen molar-refractivity contribution in [2.24, 2.45) is 0 Å². The number of nitrogens with zero attached hydrogens (tertiary/aromatic N) is 1. The summed E-state index contributed by atoms with van der Waals surface area (Å²) in [6.07, 6.45) is 3.18. The largest absolute Gasteiger partial charge is 0.493 e. The number of ether oxygens (including phenoxy) is 1. The van der Waals surface area contributed by atoms with E-state index in [2.05, 4.69) is 6.92 Å². The summed E-state index contributed by atoms with van der Waals surface area (Å²) in [6.45, 7) is 4.47. The van der Waals surface area contributed by atoms with Gasteiger partial charge >= 0.3 is 0 Å². The topological polar surface area (TPSA) is 29.5 Å². The quantitative estimate of drug-likeness (QED) is 0.800. The lowest BCUT2D eigenvalue weighted by molar-refractivity contribution is 0.0788. The lowest BCUT2D eigenvalue weighted by atomic mass is 10.2. The summed E-state index contributed by atoms with van der Waals surface area (Å²) in [6, 6.07) is 7.53. The maximum Gasteiger partial charge on any atom is 0.257 e. The van der Waals surface area contributed by atoms with Gasteiger partial charge in [-0.1, -0.05) is 19.1 Å². The van der Waals surface area contributed by atoms with Gasteiger partial charge in [-0.2, -0.15) is 0 Å². The molecule has 0 N–H and O–H groups in total. The van der Waals surface area contributed by atoms with Crippen LogP contribution in [0.5, 0.6) is 5.75 Å². The molecule has 1 aromatic rings. The van der Waals surface area contributed by atoms with Gasteiger partial charge in [0, 0.05) is 13.1 Å². The monoisotopic (exact) mass is 233 g/mol. The third-order valence-electron chi connectivity index (χ3n) is 2.97. The molecule has 1 aliphatic rings. The lowest BCUT2D eigenvalue weighted by Crippen LogP contribution is -2.28. The van der Waals surface area contributed by atoms with E-state index in [0.29, 0.717) is 17.9 Å². The number of para-hydroxylation sites is 1. The van der Waals surface area contributed by atoms with E-state index >= 15 is 0 Å². The van der Waals surface area contributed by atoms with Crippen LogP contribution in [0.4, 0.5) is 0 Å². The molecule has 1 fully saturated rings. The summed E-state index contributed by atoms with van der Waals surface area (Å²) in [5, 5.41) is 0. The summed E-state index contributed by atoms with van der Waals surface area (Å²) < 4.78 is 5.62. The first-order valence-corrected chi connectivity index (χ1v) is 6.34. The summed E-state index contributed by atoms with van der Waals surface area (Å²) in [5.41, 5.74) is 0.697. The SMILES string of the molecule is CCCOc1ccccc1C(=O)N1CCCC1. The van der Waals surface area contributed by atoms with Crippen LogP contribution in [0.25, 0.3) is 0 Å². The molecule has 0 radical (unpaired) electrons. The number of hydrogen-bond acceptors (Lipinski definition) is 2. The van der Waals surface area contributed by atoms with Gasteiger partial charge in [0.15, 0.2) is 0 Å². The Morgan fingerprint density at radius 1 is 1.29 bits per heavy atom. The second-order valence-electron chi connectivity index (χ2n) is 4.34. The van der Waals surface area contributed by atoms with Gasteiger partial charge in [0.25, 0.3) is 5.91 Å². The number of amides is 1. The van der Waals surface area contributed by atoms with Crippen LogP contribution in [0, 0.1) is 0 Å². The minimum atomic E-state index is 0.106. The van der Waals surface area contributed by atoms with Crippen LogP contribution in [-0.4, -0.2) is 30.5 Å². The minimum Gasteiger partial charge on any atom is -0.493 e. The third-order valence-corrected chi connectivity index (χ3v) is 2.97. The number of likely N-dealkylation sites (tertiary alicyclic amines) is 1. The summed E-state index contributed by atoms with van der Waals surface area (Å²) in [5.74, 6) is 0.820. The first kappa shape index (κ1) is 12.0. The molecule has 0 unspecified atom stereocenters. The van der Waals surface area contributed by atoms with Crippen LogP contribution in [-0.2, 0) is 0 Å². The number of carbonyl (C=O) groups excluding carboxylic acids is 1. The fourth-order valence-corrected chi connectivity index (χ4v) is 2.07. The molecule has 3 heteroatoms. The minimum absolute atomic E-state index is 0.106. The molecule has 0 aliphatic carbocycles. The van der Waals surface area contributed by atoms with E-state index in [4.69, 9.17) is 4.74 Å². The molecule has 1 aliphatic heterocycles. The van der Waals surface area contributed by atoms with Gasteiger partial charge in [0.1, 0.15) is 5.75 Å². The Kier molecular flexibility index (Phi) is 4.02. The predicted octanol–water partition coefficient (Wildman–Crippen LogP) is 2.71. The maximum atomic E-state index is 12.3. The molecule has 0 saturated carbocycles. The predicted molar refractivity (Wildman–Crippen MR) is 67.4 cm³/mol. The van der Waals surface area contributed by atoms with Crippen LogP contribution in [0.2, 0.25) is 0 Å². The van der Waals surface area contributed by atoms with Crippen LogP contribution in [0.3, 0.4) is 0 Å². The van der Waals surface area contributed by atoms with Gasteiger partial charge in [-0.25, -0.2) is 0 Å². The van der Waals surface area contributed by atoms with Gasteiger partial charge in [0.2, 0.25) is 0 Å². The number of carbonyl (C=O) groups is 1. The van der Waals surface area contributed by atoms with E-state index in [1.807, 2.05) is 29.2 Å². The molecule has 0 bridgehead atoms. The molecular weight excluding hydrogens is 214 g/mol. The van der Waals surface area contributed by atoms with E-state index < -0.39 is 0 Å². The van der Waals surface area contributed by atoms with Crippen molar-refractivity contribution in [2.45, 2.75) is 26.2 Å². The molecule has 0 spiro atoms. The molecule has 1 saturated heterocycles. The normalized spacial score (nSPS) is 15.0. The van der Waals surface area contributed by atoms with Crippen molar-refractivity contribution in [1.29, 1.82) is 0 Å². The van der Waals surface area contributed by atoms with Crippen molar-refractivity contribution >= 4 is 5.91 Å². The molecule has 1 aromatic carbocycles. The summed E-state index contributed by atoms with van der Waals surface area (Å²) in [4.78, 5) is 14.2. The zero-order valence-electron chi connectivity index (χ0n) is 10.3. The third kappa shape index (κ3) is 2.78. The Morgan fingerprint density at radius 2 is 2.00 bits per heavy atom. The Bertz CT molecular complexity index is 384. The molecule has 92 valence electrons. The highest BCUT2D eigenvalue weighted by Gasteiger charge is 2.21. The Balaban J connectivity index is 2.15. The van der Waals surface area contributed by atoms with Gasteiger partial charge < -0.3 is 9.64 Å². The smallest absolute Gasteiger partial charge is 0.257 e. The summed E-state index contributed by atoms with van der Waals surface area (Å²) >= 11 is 0. The van der Waals surface area contributed by atoms with Crippen molar-refractivity contribution in [2.75, 3.05) is 19.7 Å². The molecular formula is C14H19NO2. The van der Waals surface area contributed by atoms with Gasteiger partial charge in [-0.3, -0.25) is 4.79 Å². The average molecular weight is 233 g/mol. The second-order valence-corrected chi connectivity index (χ2v) is 4.34. The Hall–Kier alpha value is -1.51. The number of hydrogen-bond donors (Lipinski definition) is 0. The first-order valence-electron chi connectivity index (χ1n) is 6.34. The van der Waals surface area contributed by atoms with Crippen molar-refractivity contribution in [3.63, 3.8) is 0 Å². The second kappa shape index (κ2) is 5.71. The number of rotatable bonds is 4. The van der Waals surface area contributed by atoms with E-state index in [0.717, 1.165) is 32.4 Å².